The predicted octanol–water partition coefficient (Wildman–Crippen LogP) is -0.0667. The number of aliphatic hydroxyl groups excluding tert-OH is 1. The van der Waals surface area contributed by atoms with Crippen LogP contribution in [0, 0.1) is 0 Å². The fourth-order valence-corrected chi connectivity index (χ4v) is 4.58. The Balaban J connectivity index is 1.47. The van der Waals surface area contributed by atoms with E-state index in [1.807, 2.05) is 17.2 Å². The third kappa shape index (κ3) is 2.65. The van der Waals surface area contributed by atoms with Gasteiger partial charge in [-0.1, -0.05) is 6.07 Å². The highest BCUT2D eigenvalue weighted by atomic mass is 16.3. The van der Waals surface area contributed by atoms with Crippen LogP contribution in [0.4, 0.5) is 0 Å². The molecule has 0 bridgehead atoms. The Morgan fingerprint density at radius 3 is 2.91 bits per heavy atom. The van der Waals surface area contributed by atoms with Gasteiger partial charge in [-0.3, -0.25) is 19.6 Å². The molecule has 3 aliphatic heterocycles. The lowest BCUT2D eigenvalue weighted by Gasteiger charge is -2.61. The molecule has 6 heteroatoms. The van der Waals surface area contributed by atoms with E-state index in [1.165, 1.54) is 5.56 Å². The number of β-amino-alcohol motifs (C(OH)–C–C–N with tert-alkyl or cyclic N) is 1. The smallest absolute Gasteiger partial charge is 0.219 e. The quantitative estimate of drug-likeness (QED) is 0.828. The summed E-state index contributed by atoms with van der Waals surface area (Å²) in [6.07, 6.45) is 4.24. The van der Waals surface area contributed by atoms with Gasteiger partial charge < -0.3 is 10.0 Å². The van der Waals surface area contributed by atoms with Crippen molar-refractivity contribution in [1.82, 2.24) is 19.7 Å². The Kier molecular flexibility index (Phi) is 3.63. The lowest BCUT2D eigenvalue weighted by atomic mass is 9.83. The van der Waals surface area contributed by atoms with Crippen molar-refractivity contribution in [3.8, 4) is 0 Å². The second kappa shape index (κ2) is 5.54. The highest BCUT2D eigenvalue weighted by Gasteiger charge is 2.56. The number of carbonyl (C=O) groups excluding carboxylic acids is 1. The number of nitrogens with zero attached hydrogens (tertiary/aromatic N) is 4. The van der Waals surface area contributed by atoms with Crippen molar-refractivity contribution in [3.05, 3.63) is 30.1 Å². The summed E-state index contributed by atoms with van der Waals surface area (Å²) in [6, 6.07) is 4.38. The Bertz CT molecular complexity index is 588. The van der Waals surface area contributed by atoms with Crippen LogP contribution in [-0.4, -0.2) is 81.1 Å². The summed E-state index contributed by atoms with van der Waals surface area (Å²) in [5, 5.41) is 10.1. The standard InChI is InChI=1S/C17H24N4O2/c1-13(22)20-8-15-5-16(23)9-21(15)17(12-20)10-19(11-17)7-14-3-2-4-18-6-14/h2-4,6,15-16,23H,5,7-12H2,1H3. The van der Waals surface area contributed by atoms with Crippen molar-refractivity contribution in [2.45, 2.75) is 37.6 Å². The molecule has 1 spiro atoms. The van der Waals surface area contributed by atoms with Crippen LogP contribution in [0.25, 0.3) is 0 Å². The summed E-state index contributed by atoms with van der Waals surface area (Å²) in [5.74, 6) is 0.149. The minimum absolute atomic E-state index is 0.0221. The zero-order chi connectivity index (χ0) is 16.0. The van der Waals surface area contributed by atoms with Crippen LogP contribution in [0.3, 0.4) is 0 Å². The first-order chi connectivity index (χ1) is 11.1. The zero-order valence-corrected chi connectivity index (χ0v) is 13.6. The van der Waals surface area contributed by atoms with Gasteiger partial charge in [0, 0.05) is 64.6 Å². The summed E-state index contributed by atoms with van der Waals surface area (Å²) >= 11 is 0. The molecule has 2 atom stereocenters. The van der Waals surface area contributed by atoms with E-state index in [2.05, 4.69) is 20.9 Å². The van der Waals surface area contributed by atoms with Crippen LogP contribution in [0.1, 0.15) is 18.9 Å². The number of aromatic nitrogens is 1. The normalized spacial score (nSPS) is 30.3. The number of likely N-dealkylation sites (tertiary alicyclic amines) is 1. The van der Waals surface area contributed by atoms with Crippen LogP contribution in [0.5, 0.6) is 0 Å². The molecule has 3 aliphatic rings. The van der Waals surface area contributed by atoms with Gasteiger partial charge >= 0.3 is 0 Å². The van der Waals surface area contributed by atoms with Gasteiger partial charge in [0.1, 0.15) is 0 Å². The second-order valence-corrected chi connectivity index (χ2v) is 7.33. The lowest BCUT2D eigenvalue weighted by Crippen LogP contribution is -2.78. The monoisotopic (exact) mass is 316 g/mol. The van der Waals surface area contributed by atoms with Crippen LogP contribution in [-0.2, 0) is 11.3 Å². The predicted molar refractivity (Wildman–Crippen MR) is 85.6 cm³/mol. The van der Waals surface area contributed by atoms with E-state index in [4.69, 9.17) is 0 Å². The number of piperazine rings is 1. The highest BCUT2D eigenvalue weighted by Crippen LogP contribution is 2.39. The molecule has 0 aliphatic carbocycles. The summed E-state index contributed by atoms with van der Waals surface area (Å²) in [4.78, 5) is 22.9. The summed E-state index contributed by atoms with van der Waals surface area (Å²) in [5.41, 5.74) is 1.24. The fourth-order valence-electron chi connectivity index (χ4n) is 4.58. The summed E-state index contributed by atoms with van der Waals surface area (Å²) in [6.45, 7) is 6.75. The summed E-state index contributed by atoms with van der Waals surface area (Å²) in [7, 11) is 0. The lowest BCUT2D eigenvalue weighted by molar-refractivity contribution is -0.149. The molecule has 6 nitrogen and oxygen atoms in total. The number of hydrogen-bond donors (Lipinski definition) is 1. The van der Waals surface area contributed by atoms with Gasteiger partial charge in [0.25, 0.3) is 0 Å². The van der Waals surface area contributed by atoms with E-state index in [-0.39, 0.29) is 17.6 Å². The van der Waals surface area contributed by atoms with E-state index < -0.39 is 0 Å². The van der Waals surface area contributed by atoms with Crippen molar-refractivity contribution in [2.75, 3.05) is 32.7 Å². The van der Waals surface area contributed by atoms with Gasteiger partial charge in [0.05, 0.1) is 11.6 Å². The zero-order valence-electron chi connectivity index (χ0n) is 13.6. The number of amides is 1. The second-order valence-electron chi connectivity index (χ2n) is 7.33. The van der Waals surface area contributed by atoms with Crippen LogP contribution >= 0.6 is 0 Å². The van der Waals surface area contributed by atoms with Crippen LogP contribution in [0.2, 0.25) is 0 Å². The first-order valence-electron chi connectivity index (χ1n) is 8.37. The highest BCUT2D eigenvalue weighted by molar-refractivity contribution is 5.73. The van der Waals surface area contributed by atoms with E-state index >= 15 is 0 Å². The third-order valence-corrected chi connectivity index (χ3v) is 5.53. The Morgan fingerprint density at radius 1 is 1.39 bits per heavy atom. The average molecular weight is 316 g/mol. The van der Waals surface area contributed by atoms with E-state index in [0.717, 1.165) is 45.7 Å². The molecular weight excluding hydrogens is 292 g/mol. The number of hydrogen-bond acceptors (Lipinski definition) is 5. The van der Waals surface area contributed by atoms with Gasteiger partial charge in [-0.2, -0.15) is 0 Å². The van der Waals surface area contributed by atoms with Crippen LogP contribution < -0.4 is 0 Å². The van der Waals surface area contributed by atoms with Gasteiger partial charge in [0.15, 0.2) is 0 Å². The van der Waals surface area contributed by atoms with Gasteiger partial charge in [-0.05, 0) is 18.1 Å². The maximum Gasteiger partial charge on any atom is 0.219 e. The number of fused-ring (bicyclic) bond motifs is 2. The largest absolute Gasteiger partial charge is 0.392 e. The molecule has 0 saturated carbocycles. The number of carbonyl (C=O) groups is 1. The number of pyridine rings is 1. The van der Waals surface area contributed by atoms with Crippen molar-refractivity contribution >= 4 is 5.91 Å². The molecule has 1 N–H and O–H groups in total. The van der Waals surface area contributed by atoms with E-state index in [1.54, 1.807) is 13.1 Å². The molecule has 0 radical (unpaired) electrons. The molecule has 0 aromatic carbocycles. The molecule has 2 unspecified atom stereocenters. The molecule has 3 fully saturated rings. The number of rotatable bonds is 2. The molecule has 1 amide bonds. The third-order valence-electron chi connectivity index (χ3n) is 5.53. The van der Waals surface area contributed by atoms with Crippen molar-refractivity contribution < 1.29 is 9.90 Å². The molecule has 3 saturated heterocycles. The Hall–Kier alpha value is -1.50. The molecule has 23 heavy (non-hydrogen) atoms. The minimum atomic E-state index is -0.254. The Labute approximate surface area is 136 Å². The first kappa shape index (κ1) is 15.1. The first-order valence-corrected chi connectivity index (χ1v) is 8.37. The molecule has 4 heterocycles. The molecule has 1 aromatic heterocycles. The molecular formula is C17H24N4O2. The summed E-state index contributed by atoms with van der Waals surface area (Å²) < 4.78 is 0. The van der Waals surface area contributed by atoms with Crippen molar-refractivity contribution in [2.24, 2.45) is 0 Å². The Morgan fingerprint density at radius 2 is 2.22 bits per heavy atom. The fraction of sp³-hybridized carbons (Fsp3) is 0.647. The van der Waals surface area contributed by atoms with Gasteiger partial charge in [-0.15, -0.1) is 0 Å². The minimum Gasteiger partial charge on any atom is -0.392 e. The maximum atomic E-state index is 11.9. The molecule has 124 valence electrons. The van der Waals surface area contributed by atoms with Gasteiger partial charge in [-0.25, -0.2) is 0 Å². The molecule has 1 aromatic rings. The average Bonchev–Trinajstić information content (AvgIpc) is 2.87. The van der Waals surface area contributed by atoms with Crippen molar-refractivity contribution in [3.63, 3.8) is 0 Å². The SMILES string of the molecule is CC(=O)N1CC2CC(O)CN2C2(CN(Cc3cccnc3)C2)C1. The van der Waals surface area contributed by atoms with Crippen molar-refractivity contribution in [1.29, 1.82) is 0 Å². The molecule has 4 rings (SSSR count). The topological polar surface area (TPSA) is 59.9 Å². The van der Waals surface area contributed by atoms with Gasteiger partial charge in [0.2, 0.25) is 5.91 Å². The number of aliphatic hydroxyl groups is 1. The van der Waals surface area contributed by atoms with Crippen LogP contribution in [0.15, 0.2) is 24.5 Å². The van der Waals surface area contributed by atoms with E-state index in [9.17, 15) is 9.90 Å². The maximum absolute atomic E-state index is 11.9. The van der Waals surface area contributed by atoms with E-state index in [0.29, 0.717) is 6.04 Å².